The minimum atomic E-state index is -0.367. The second-order valence-electron chi connectivity index (χ2n) is 4.66. The summed E-state index contributed by atoms with van der Waals surface area (Å²) < 4.78 is 0. The third-order valence-electron chi connectivity index (χ3n) is 3.04. The Morgan fingerprint density at radius 3 is 2.95 bits per heavy atom. The largest absolute Gasteiger partial charge is 0.310 e. The van der Waals surface area contributed by atoms with Crippen LogP contribution in [0.15, 0.2) is 29.6 Å². The van der Waals surface area contributed by atoms with Crippen molar-refractivity contribution in [1.29, 1.82) is 0 Å². The molecule has 1 unspecified atom stereocenters. The van der Waals surface area contributed by atoms with Gasteiger partial charge in [-0.2, -0.15) is 0 Å². The van der Waals surface area contributed by atoms with Crippen LogP contribution in [0.4, 0.5) is 5.69 Å². The third kappa shape index (κ3) is 3.85. The van der Waals surface area contributed by atoms with Gasteiger partial charge in [-0.3, -0.25) is 10.1 Å². The van der Waals surface area contributed by atoms with Gasteiger partial charge in [0.05, 0.1) is 9.93 Å². The molecule has 106 valence electrons. The van der Waals surface area contributed by atoms with Crippen LogP contribution in [0.5, 0.6) is 0 Å². The summed E-state index contributed by atoms with van der Waals surface area (Å²) in [6.07, 6.45) is 0.873. The molecule has 1 aromatic carbocycles. The van der Waals surface area contributed by atoms with E-state index in [9.17, 15) is 10.1 Å². The summed E-state index contributed by atoms with van der Waals surface area (Å²) in [5, 5.41) is 17.3. The molecule has 0 saturated carbocycles. The third-order valence-corrected chi connectivity index (χ3v) is 4.06. The molecule has 0 fully saturated rings. The Labute approximate surface area is 121 Å². The van der Waals surface area contributed by atoms with Crippen LogP contribution in [0, 0.1) is 17.0 Å². The molecule has 0 aliphatic heterocycles. The predicted molar refractivity (Wildman–Crippen MR) is 80.1 cm³/mol. The molecule has 0 amide bonds. The highest BCUT2D eigenvalue weighted by Gasteiger charge is 2.10. The number of nitro benzene ring substituents is 1. The number of aromatic nitrogens is 1. The molecule has 1 heterocycles. The number of hydrogen-bond acceptors (Lipinski definition) is 5. The molecule has 0 spiro atoms. The Kier molecular flexibility index (Phi) is 4.81. The molecular weight excluding hydrogens is 274 g/mol. The Morgan fingerprint density at radius 2 is 2.30 bits per heavy atom. The van der Waals surface area contributed by atoms with Crippen LogP contribution >= 0.6 is 11.3 Å². The maximum absolute atomic E-state index is 10.8. The normalized spacial score (nSPS) is 12.3. The van der Waals surface area contributed by atoms with E-state index in [0.29, 0.717) is 0 Å². The van der Waals surface area contributed by atoms with Gasteiger partial charge in [0.25, 0.3) is 5.69 Å². The van der Waals surface area contributed by atoms with Crippen molar-refractivity contribution < 1.29 is 4.92 Å². The molecular formula is C14H17N3O2S. The van der Waals surface area contributed by atoms with Crippen LogP contribution in [0.1, 0.15) is 29.2 Å². The fourth-order valence-electron chi connectivity index (χ4n) is 1.94. The van der Waals surface area contributed by atoms with E-state index in [-0.39, 0.29) is 16.7 Å². The van der Waals surface area contributed by atoms with Gasteiger partial charge >= 0.3 is 0 Å². The minimum Gasteiger partial charge on any atom is -0.310 e. The Hall–Kier alpha value is -1.79. The monoisotopic (exact) mass is 291 g/mol. The summed E-state index contributed by atoms with van der Waals surface area (Å²) >= 11 is 1.66. The maximum atomic E-state index is 10.8. The highest BCUT2D eigenvalue weighted by atomic mass is 32.1. The number of benzene rings is 1. The van der Waals surface area contributed by atoms with E-state index in [2.05, 4.69) is 10.3 Å². The predicted octanol–water partition coefficient (Wildman–Crippen LogP) is 3.25. The fourth-order valence-corrected chi connectivity index (χ4v) is 2.71. The van der Waals surface area contributed by atoms with Crippen molar-refractivity contribution in [3.05, 3.63) is 56.0 Å². The van der Waals surface area contributed by atoms with Crippen molar-refractivity contribution in [2.75, 3.05) is 6.54 Å². The molecule has 2 aromatic rings. The molecule has 0 radical (unpaired) electrons. The van der Waals surface area contributed by atoms with E-state index in [4.69, 9.17) is 0 Å². The smallest absolute Gasteiger partial charge is 0.269 e. The highest BCUT2D eigenvalue weighted by molar-refractivity contribution is 7.09. The average molecular weight is 291 g/mol. The van der Waals surface area contributed by atoms with E-state index in [1.165, 1.54) is 6.07 Å². The van der Waals surface area contributed by atoms with Gasteiger partial charge in [-0.25, -0.2) is 4.98 Å². The van der Waals surface area contributed by atoms with E-state index in [0.717, 1.165) is 29.2 Å². The van der Waals surface area contributed by atoms with Crippen molar-refractivity contribution >= 4 is 17.0 Å². The van der Waals surface area contributed by atoms with E-state index < -0.39 is 0 Å². The summed E-state index contributed by atoms with van der Waals surface area (Å²) in [5.74, 6) is 0. The SMILES string of the molecule is Cc1csc(CCNC(C)c2cccc([N+](=O)[O-])c2)n1. The van der Waals surface area contributed by atoms with Gasteiger partial charge in [-0.05, 0) is 19.4 Å². The number of nitrogens with one attached hydrogen (secondary N) is 1. The lowest BCUT2D eigenvalue weighted by Gasteiger charge is -2.13. The van der Waals surface area contributed by atoms with Crippen molar-refractivity contribution in [2.45, 2.75) is 26.3 Å². The molecule has 0 aliphatic carbocycles. The zero-order valence-corrected chi connectivity index (χ0v) is 12.3. The van der Waals surface area contributed by atoms with Crippen molar-refractivity contribution in [2.24, 2.45) is 0 Å². The standard InChI is InChI=1S/C14H17N3O2S/c1-10-9-20-14(16-10)6-7-15-11(2)12-4-3-5-13(8-12)17(18)19/h3-5,8-9,11,15H,6-7H2,1-2H3. The van der Waals surface area contributed by atoms with Gasteiger partial charge in [0.1, 0.15) is 0 Å². The van der Waals surface area contributed by atoms with Gasteiger partial charge < -0.3 is 5.32 Å². The van der Waals surface area contributed by atoms with Crippen molar-refractivity contribution in [1.82, 2.24) is 10.3 Å². The second-order valence-corrected chi connectivity index (χ2v) is 5.60. The van der Waals surface area contributed by atoms with Crippen LogP contribution in [-0.2, 0) is 6.42 Å². The van der Waals surface area contributed by atoms with Gasteiger partial charge in [0.2, 0.25) is 0 Å². The Morgan fingerprint density at radius 1 is 1.50 bits per heavy atom. The Balaban J connectivity index is 1.89. The molecule has 0 saturated heterocycles. The fraction of sp³-hybridized carbons (Fsp3) is 0.357. The number of hydrogen-bond donors (Lipinski definition) is 1. The molecule has 5 nitrogen and oxygen atoms in total. The van der Waals surface area contributed by atoms with Crippen LogP contribution in [0.25, 0.3) is 0 Å². The molecule has 2 rings (SSSR count). The number of rotatable bonds is 6. The van der Waals surface area contributed by atoms with Crippen LogP contribution in [0.3, 0.4) is 0 Å². The lowest BCUT2D eigenvalue weighted by molar-refractivity contribution is -0.384. The molecule has 20 heavy (non-hydrogen) atoms. The summed E-state index contributed by atoms with van der Waals surface area (Å²) in [4.78, 5) is 14.8. The van der Waals surface area contributed by atoms with Crippen molar-refractivity contribution in [3.8, 4) is 0 Å². The first-order valence-electron chi connectivity index (χ1n) is 6.45. The number of nitrogens with zero attached hydrogens (tertiary/aromatic N) is 2. The minimum absolute atomic E-state index is 0.0796. The maximum Gasteiger partial charge on any atom is 0.269 e. The number of aryl methyl sites for hydroxylation is 1. The number of non-ortho nitro benzene ring substituents is 1. The molecule has 1 atom stereocenters. The molecule has 0 aliphatic rings. The quantitative estimate of drug-likeness (QED) is 0.655. The average Bonchev–Trinajstić information content (AvgIpc) is 2.84. The summed E-state index contributed by atoms with van der Waals surface area (Å²) in [5.41, 5.74) is 2.11. The first kappa shape index (κ1) is 14.6. The van der Waals surface area contributed by atoms with Crippen LogP contribution in [0.2, 0.25) is 0 Å². The van der Waals surface area contributed by atoms with E-state index >= 15 is 0 Å². The zero-order valence-electron chi connectivity index (χ0n) is 11.5. The summed E-state index contributed by atoms with van der Waals surface area (Å²) in [6.45, 7) is 4.79. The summed E-state index contributed by atoms with van der Waals surface area (Å²) in [7, 11) is 0. The second kappa shape index (κ2) is 6.58. The zero-order chi connectivity index (χ0) is 14.5. The first-order valence-corrected chi connectivity index (χ1v) is 7.33. The van der Waals surface area contributed by atoms with Gasteiger partial charge in [-0.1, -0.05) is 12.1 Å². The number of thiazole rings is 1. The molecule has 1 N–H and O–H groups in total. The van der Waals surface area contributed by atoms with Crippen molar-refractivity contribution in [3.63, 3.8) is 0 Å². The van der Waals surface area contributed by atoms with E-state index in [1.807, 2.05) is 25.3 Å². The molecule has 6 heteroatoms. The topological polar surface area (TPSA) is 68.1 Å². The lowest BCUT2D eigenvalue weighted by atomic mass is 10.1. The van der Waals surface area contributed by atoms with Crippen LogP contribution in [-0.4, -0.2) is 16.5 Å². The molecule has 0 bridgehead atoms. The lowest BCUT2D eigenvalue weighted by Crippen LogP contribution is -2.21. The molecule has 1 aromatic heterocycles. The van der Waals surface area contributed by atoms with Gasteiger partial charge in [0, 0.05) is 42.2 Å². The highest BCUT2D eigenvalue weighted by Crippen LogP contribution is 2.19. The van der Waals surface area contributed by atoms with Crippen LogP contribution < -0.4 is 5.32 Å². The number of nitro groups is 1. The Bertz CT molecular complexity index is 598. The van der Waals surface area contributed by atoms with Gasteiger partial charge in [-0.15, -0.1) is 11.3 Å². The first-order chi connectivity index (χ1) is 9.56. The van der Waals surface area contributed by atoms with Gasteiger partial charge in [0.15, 0.2) is 0 Å². The summed E-state index contributed by atoms with van der Waals surface area (Å²) in [6, 6.07) is 6.82. The van der Waals surface area contributed by atoms with E-state index in [1.54, 1.807) is 23.5 Å².